The highest BCUT2D eigenvalue weighted by atomic mass is 15.2. The minimum atomic E-state index is 0.235. The van der Waals surface area contributed by atoms with Crippen LogP contribution in [0.2, 0.25) is 0 Å². The average molecular weight is 263 g/mol. The van der Waals surface area contributed by atoms with Gasteiger partial charge in [-0.05, 0) is 36.8 Å². The summed E-state index contributed by atoms with van der Waals surface area (Å²) in [5, 5.41) is 0. The summed E-state index contributed by atoms with van der Waals surface area (Å²) >= 11 is 0. The Balaban J connectivity index is 2.76. The monoisotopic (exact) mass is 263 g/mol. The Labute approximate surface area is 118 Å². The van der Waals surface area contributed by atoms with Crippen molar-refractivity contribution in [1.82, 2.24) is 4.98 Å². The van der Waals surface area contributed by atoms with Crippen LogP contribution < -0.4 is 10.6 Å². The SMILES string of the molecule is CCC(N)Cc1ccc(N(C)C(C)C(C)(C)C)nc1. The van der Waals surface area contributed by atoms with Crippen molar-refractivity contribution < 1.29 is 0 Å². The molecule has 3 nitrogen and oxygen atoms in total. The topological polar surface area (TPSA) is 42.1 Å². The summed E-state index contributed by atoms with van der Waals surface area (Å²) in [4.78, 5) is 6.81. The van der Waals surface area contributed by atoms with Crippen molar-refractivity contribution in [3.63, 3.8) is 0 Å². The van der Waals surface area contributed by atoms with Crippen molar-refractivity contribution in [3.8, 4) is 0 Å². The predicted octanol–water partition coefficient (Wildman–Crippen LogP) is 3.23. The molecular formula is C16H29N3. The second-order valence-electron chi connectivity index (χ2n) is 6.55. The molecule has 0 aromatic carbocycles. The molecule has 0 saturated heterocycles. The van der Waals surface area contributed by atoms with Gasteiger partial charge < -0.3 is 10.6 Å². The Morgan fingerprint density at radius 1 is 1.32 bits per heavy atom. The van der Waals surface area contributed by atoms with Gasteiger partial charge >= 0.3 is 0 Å². The van der Waals surface area contributed by atoms with Crippen LogP contribution >= 0.6 is 0 Å². The molecule has 1 heterocycles. The number of anilines is 1. The van der Waals surface area contributed by atoms with Crippen LogP contribution in [0.3, 0.4) is 0 Å². The van der Waals surface area contributed by atoms with E-state index in [2.05, 4.69) is 63.7 Å². The van der Waals surface area contributed by atoms with Crippen LogP contribution in [0.5, 0.6) is 0 Å². The lowest BCUT2D eigenvalue weighted by Crippen LogP contribution is -2.39. The second-order valence-corrected chi connectivity index (χ2v) is 6.55. The molecule has 2 unspecified atom stereocenters. The molecule has 0 bridgehead atoms. The molecule has 2 atom stereocenters. The molecule has 0 saturated carbocycles. The second kappa shape index (κ2) is 6.38. The molecule has 2 N–H and O–H groups in total. The molecule has 1 aromatic rings. The highest BCUT2D eigenvalue weighted by Crippen LogP contribution is 2.26. The largest absolute Gasteiger partial charge is 0.356 e. The summed E-state index contributed by atoms with van der Waals surface area (Å²) in [5.41, 5.74) is 7.42. The molecule has 0 radical (unpaired) electrons. The molecule has 0 aliphatic heterocycles. The average Bonchev–Trinajstić information content (AvgIpc) is 2.36. The van der Waals surface area contributed by atoms with Crippen molar-refractivity contribution in [2.45, 2.75) is 59.5 Å². The fraction of sp³-hybridized carbons (Fsp3) is 0.688. The fourth-order valence-electron chi connectivity index (χ4n) is 1.97. The maximum absolute atomic E-state index is 5.97. The predicted molar refractivity (Wildman–Crippen MR) is 83.5 cm³/mol. The Bertz CT molecular complexity index is 378. The molecule has 0 spiro atoms. The van der Waals surface area contributed by atoms with E-state index in [1.54, 1.807) is 0 Å². The summed E-state index contributed by atoms with van der Waals surface area (Å²) in [5.74, 6) is 1.02. The van der Waals surface area contributed by atoms with E-state index >= 15 is 0 Å². The number of aromatic nitrogens is 1. The number of hydrogen-bond donors (Lipinski definition) is 1. The number of rotatable bonds is 5. The summed E-state index contributed by atoms with van der Waals surface area (Å²) in [6.45, 7) is 11.1. The maximum atomic E-state index is 5.97. The van der Waals surface area contributed by atoms with E-state index in [0.29, 0.717) is 6.04 Å². The number of hydrogen-bond acceptors (Lipinski definition) is 3. The van der Waals surface area contributed by atoms with Crippen LogP contribution in [0.15, 0.2) is 18.3 Å². The van der Waals surface area contributed by atoms with Crippen molar-refractivity contribution in [2.75, 3.05) is 11.9 Å². The minimum absolute atomic E-state index is 0.235. The van der Waals surface area contributed by atoms with Gasteiger partial charge in [0.2, 0.25) is 0 Å². The number of nitrogens with two attached hydrogens (primary N) is 1. The quantitative estimate of drug-likeness (QED) is 0.887. The van der Waals surface area contributed by atoms with Gasteiger partial charge in [0.05, 0.1) is 0 Å². The van der Waals surface area contributed by atoms with Crippen LogP contribution in [-0.2, 0) is 6.42 Å². The molecule has 0 aliphatic carbocycles. The van der Waals surface area contributed by atoms with Crippen molar-refractivity contribution in [2.24, 2.45) is 11.1 Å². The first-order valence-corrected chi connectivity index (χ1v) is 7.19. The first kappa shape index (κ1) is 16.0. The van der Waals surface area contributed by atoms with Gasteiger partial charge in [-0.15, -0.1) is 0 Å². The number of nitrogens with zero attached hydrogens (tertiary/aromatic N) is 2. The Kier molecular flexibility index (Phi) is 5.36. The summed E-state index contributed by atoms with van der Waals surface area (Å²) in [7, 11) is 2.11. The van der Waals surface area contributed by atoms with Gasteiger partial charge in [-0.2, -0.15) is 0 Å². The van der Waals surface area contributed by atoms with Crippen molar-refractivity contribution >= 4 is 5.82 Å². The Hall–Kier alpha value is -1.09. The first-order valence-electron chi connectivity index (χ1n) is 7.19. The summed E-state index contributed by atoms with van der Waals surface area (Å²) in [6, 6.07) is 4.91. The number of pyridine rings is 1. The lowest BCUT2D eigenvalue weighted by atomic mass is 9.87. The van der Waals surface area contributed by atoms with Crippen LogP contribution in [-0.4, -0.2) is 24.1 Å². The van der Waals surface area contributed by atoms with E-state index in [0.717, 1.165) is 18.7 Å². The lowest BCUT2D eigenvalue weighted by molar-refractivity contribution is 0.328. The first-order chi connectivity index (χ1) is 8.75. The van der Waals surface area contributed by atoms with Gasteiger partial charge in [0.25, 0.3) is 0 Å². The van der Waals surface area contributed by atoms with Gasteiger partial charge in [-0.1, -0.05) is 33.8 Å². The van der Waals surface area contributed by atoms with Crippen LogP contribution in [0.4, 0.5) is 5.82 Å². The zero-order valence-corrected chi connectivity index (χ0v) is 13.3. The molecule has 1 rings (SSSR count). The molecular weight excluding hydrogens is 234 g/mol. The zero-order valence-electron chi connectivity index (χ0n) is 13.3. The molecule has 3 heteroatoms. The molecule has 0 fully saturated rings. The third kappa shape index (κ3) is 4.50. The third-order valence-corrected chi connectivity index (χ3v) is 4.03. The van der Waals surface area contributed by atoms with E-state index in [-0.39, 0.29) is 11.5 Å². The molecule has 19 heavy (non-hydrogen) atoms. The molecule has 108 valence electrons. The maximum Gasteiger partial charge on any atom is 0.128 e. The normalized spacial score (nSPS) is 15.1. The minimum Gasteiger partial charge on any atom is -0.356 e. The fourth-order valence-corrected chi connectivity index (χ4v) is 1.97. The third-order valence-electron chi connectivity index (χ3n) is 4.03. The van der Waals surface area contributed by atoms with Crippen molar-refractivity contribution in [1.29, 1.82) is 0 Å². The van der Waals surface area contributed by atoms with Crippen LogP contribution in [0, 0.1) is 5.41 Å². The summed E-state index contributed by atoms with van der Waals surface area (Å²) < 4.78 is 0. The molecule has 0 amide bonds. The van der Waals surface area contributed by atoms with Crippen LogP contribution in [0.25, 0.3) is 0 Å². The van der Waals surface area contributed by atoms with E-state index < -0.39 is 0 Å². The Morgan fingerprint density at radius 2 is 1.95 bits per heavy atom. The highest BCUT2D eigenvalue weighted by molar-refractivity contribution is 5.40. The van der Waals surface area contributed by atoms with E-state index in [1.807, 2.05) is 6.20 Å². The van der Waals surface area contributed by atoms with Gasteiger partial charge in [0.1, 0.15) is 5.82 Å². The van der Waals surface area contributed by atoms with Gasteiger partial charge in [-0.25, -0.2) is 4.98 Å². The molecule has 1 aromatic heterocycles. The van der Waals surface area contributed by atoms with Gasteiger partial charge in [0, 0.05) is 25.3 Å². The van der Waals surface area contributed by atoms with E-state index in [1.165, 1.54) is 5.56 Å². The standard InChI is InChI=1S/C16H29N3/c1-7-14(17)10-13-8-9-15(18-11-13)19(6)12(2)16(3,4)5/h8-9,11-12,14H,7,10,17H2,1-6H3. The van der Waals surface area contributed by atoms with Crippen molar-refractivity contribution in [3.05, 3.63) is 23.9 Å². The van der Waals surface area contributed by atoms with E-state index in [9.17, 15) is 0 Å². The highest BCUT2D eigenvalue weighted by Gasteiger charge is 2.24. The van der Waals surface area contributed by atoms with Gasteiger partial charge in [-0.3, -0.25) is 0 Å². The Morgan fingerprint density at radius 3 is 2.37 bits per heavy atom. The zero-order chi connectivity index (χ0) is 14.6. The van der Waals surface area contributed by atoms with E-state index in [4.69, 9.17) is 5.73 Å². The van der Waals surface area contributed by atoms with Gasteiger partial charge in [0.15, 0.2) is 0 Å². The smallest absolute Gasteiger partial charge is 0.128 e. The summed E-state index contributed by atoms with van der Waals surface area (Å²) in [6.07, 6.45) is 3.86. The van der Waals surface area contributed by atoms with Crippen LogP contribution in [0.1, 0.15) is 46.6 Å². The lowest BCUT2D eigenvalue weighted by Gasteiger charge is -2.36. The molecule has 0 aliphatic rings.